The number of carbonyl (C=O) groups is 3. The van der Waals surface area contributed by atoms with Gasteiger partial charge in [-0.05, 0) is 35.9 Å². The maximum absolute atomic E-state index is 13.2. The number of benzene rings is 2. The highest BCUT2D eigenvalue weighted by atomic mass is 35.5. The second-order valence-corrected chi connectivity index (χ2v) is 7.47. The number of rotatable bonds is 8. The molecule has 0 radical (unpaired) electrons. The van der Waals surface area contributed by atoms with Crippen molar-refractivity contribution in [1.29, 1.82) is 0 Å². The number of hydrogen-bond acceptors (Lipinski definition) is 5. The van der Waals surface area contributed by atoms with Crippen molar-refractivity contribution in [2.75, 3.05) is 11.9 Å². The van der Waals surface area contributed by atoms with Crippen LogP contribution in [0, 0.1) is 0 Å². The Kier molecular flexibility index (Phi) is 7.95. The molecule has 0 saturated carbocycles. The van der Waals surface area contributed by atoms with Crippen LogP contribution in [0.5, 0.6) is 0 Å². The normalized spacial score (nSPS) is 12.0. The molecule has 0 fully saturated rings. The van der Waals surface area contributed by atoms with Crippen molar-refractivity contribution in [2.45, 2.75) is 18.6 Å². The zero-order chi connectivity index (χ0) is 24.7. The minimum Gasteiger partial charge on any atom is -0.459 e. The van der Waals surface area contributed by atoms with E-state index in [1.165, 1.54) is 24.5 Å². The van der Waals surface area contributed by atoms with Crippen LogP contribution in [0.3, 0.4) is 0 Å². The van der Waals surface area contributed by atoms with Crippen molar-refractivity contribution in [2.24, 2.45) is 0 Å². The van der Waals surface area contributed by atoms with E-state index in [-0.39, 0.29) is 17.2 Å². The maximum Gasteiger partial charge on any atom is 0.418 e. The van der Waals surface area contributed by atoms with E-state index in [9.17, 15) is 27.6 Å². The molecule has 1 heterocycles. The molecule has 178 valence electrons. The molecule has 3 rings (SSSR count). The van der Waals surface area contributed by atoms with Crippen LogP contribution in [-0.2, 0) is 26.9 Å². The standard InChI is InChI=1S/C23H18ClF3N2O5/c24-15-8-9-17(16(12-15)23(25,26)27)28-20(30)13-34-22(32)18(11-14-5-2-1-3-6-14)29-21(31)19-7-4-10-33-19/h1-10,12,18H,11,13H2,(H,28,30)(H,29,31)/t18-/m0/s1. The van der Waals surface area contributed by atoms with Crippen LogP contribution in [0.15, 0.2) is 71.3 Å². The molecule has 0 aliphatic carbocycles. The second-order valence-electron chi connectivity index (χ2n) is 7.04. The zero-order valence-corrected chi connectivity index (χ0v) is 18.2. The number of carbonyl (C=O) groups excluding carboxylic acids is 3. The Morgan fingerprint density at radius 3 is 2.41 bits per heavy atom. The highest BCUT2D eigenvalue weighted by molar-refractivity contribution is 6.30. The lowest BCUT2D eigenvalue weighted by molar-refractivity contribution is -0.149. The molecule has 7 nitrogen and oxygen atoms in total. The van der Waals surface area contributed by atoms with Gasteiger partial charge in [-0.3, -0.25) is 9.59 Å². The molecule has 0 bridgehead atoms. The molecule has 1 aromatic heterocycles. The second kappa shape index (κ2) is 10.9. The molecule has 0 saturated heterocycles. The Labute approximate surface area is 196 Å². The van der Waals surface area contributed by atoms with Gasteiger partial charge in [0.15, 0.2) is 12.4 Å². The molecule has 11 heteroatoms. The minimum absolute atomic E-state index is 0.0361. The van der Waals surface area contributed by atoms with Crippen LogP contribution in [0.2, 0.25) is 5.02 Å². The summed E-state index contributed by atoms with van der Waals surface area (Å²) in [5, 5.41) is 4.37. The summed E-state index contributed by atoms with van der Waals surface area (Å²) >= 11 is 5.62. The number of esters is 1. The summed E-state index contributed by atoms with van der Waals surface area (Å²) in [5.74, 6) is -2.67. The smallest absolute Gasteiger partial charge is 0.418 e. The number of amides is 2. The van der Waals surface area contributed by atoms with Crippen molar-refractivity contribution in [3.05, 3.63) is 88.8 Å². The summed E-state index contributed by atoms with van der Waals surface area (Å²) in [4.78, 5) is 37.2. The van der Waals surface area contributed by atoms with E-state index in [1.807, 2.05) is 0 Å². The van der Waals surface area contributed by atoms with E-state index in [4.69, 9.17) is 20.8 Å². The first-order chi connectivity index (χ1) is 16.1. The lowest BCUT2D eigenvalue weighted by atomic mass is 10.1. The van der Waals surface area contributed by atoms with Gasteiger partial charge >= 0.3 is 12.1 Å². The summed E-state index contributed by atoms with van der Waals surface area (Å²) in [5.41, 5.74) is -0.984. The number of hydrogen-bond donors (Lipinski definition) is 2. The third-order valence-corrected chi connectivity index (χ3v) is 4.76. The first kappa shape index (κ1) is 24.8. The molecule has 2 aromatic carbocycles. The lowest BCUT2D eigenvalue weighted by Gasteiger charge is -2.18. The maximum atomic E-state index is 13.2. The van der Waals surface area contributed by atoms with E-state index in [0.29, 0.717) is 11.6 Å². The van der Waals surface area contributed by atoms with Gasteiger partial charge in [0.2, 0.25) is 0 Å². The molecule has 0 aliphatic rings. The molecular weight excluding hydrogens is 477 g/mol. The van der Waals surface area contributed by atoms with Gasteiger partial charge in [-0.1, -0.05) is 41.9 Å². The van der Waals surface area contributed by atoms with Crippen molar-refractivity contribution in [3.63, 3.8) is 0 Å². The Bertz CT molecular complexity index is 1150. The Morgan fingerprint density at radius 1 is 1.03 bits per heavy atom. The van der Waals surface area contributed by atoms with Gasteiger partial charge in [0.25, 0.3) is 11.8 Å². The molecule has 0 unspecified atom stereocenters. The van der Waals surface area contributed by atoms with Gasteiger partial charge in [0, 0.05) is 11.4 Å². The topological polar surface area (TPSA) is 97.6 Å². The highest BCUT2D eigenvalue weighted by Crippen LogP contribution is 2.36. The zero-order valence-electron chi connectivity index (χ0n) is 17.4. The summed E-state index contributed by atoms with van der Waals surface area (Å²) < 4.78 is 49.6. The van der Waals surface area contributed by atoms with E-state index in [1.54, 1.807) is 30.3 Å². The predicted octanol–water partition coefficient (Wildman–Crippen LogP) is 4.47. The largest absolute Gasteiger partial charge is 0.459 e. The van der Waals surface area contributed by atoms with Crippen LogP contribution >= 0.6 is 11.6 Å². The van der Waals surface area contributed by atoms with Gasteiger partial charge in [-0.25, -0.2) is 4.79 Å². The number of halogens is 4. The third-order valence-electron chi connectivity index (χ3n) is 4.52. The van der Waals surface area contributed by atoms with E-state index >= 15 is 0 Å². The monoisotopic (exact) mass is 494 g/mol. The van der Waals surface area contributed by atoms with Crippen molar-refractivity contribution >= 4 is 35.1 Å². The summed E-state index contributed by atoms with van der Waals surface area (Å²) in [6.07, 6.45) is -3.43. The van der Waals surface area contributed by atoms with Crippen LogP contribution < -0.4 is 10.6 Å². The Morgan fingerprint density at radius 2 is 1.76 bits per heavy atom. The van der Waals surface area contributed by atoms with Gasteiger partial charge in [-0.15, -0.1) is 0 Å². The van der Waals surface area contributed by atoms with Crippen molar-refractivity contribution in [3.8, 4) is 0 Å². The average molecular weight is 495 g/mol. The molecule has 34 heavy (non-hydrogen) atoms. The Balaban J connectivity index is 1.66. The molecular formula is C23H18ClF3N2O5. The molecule has 0 spiro atoms. The van der Waals surface area contributed by atoms with Gasteiger partial charge < -0.3 is 19.8 Å². The summed E-state index contributed by atoms with van der Waals surface area (Å²) in [7, 11) is 0. The summed E-state index contributed by atoms with van der Waals surface area (Å²) in [6.45, 7) is -0.874. The Hall–Kier alpha value is -3.79. The number of alkyl halides is 3. The highest BCUT2D eigenvalue weighted by Gasteiger charge is 2.34. The van der Waals surface area contributed by atoms with Crippen LogP contribution in [-0.4, -0.2) is 30.4 Å². The molecule has 2 amide bonds. The van der Waals surface area contributed by atoms with Gasteiger partial charge in [0.05, 0.1) is 17.5 Å². The lowest BCUT2D eigenvalue weighted by Crippen LogP contribution is -2.44. The fraction of sp³-hybridized carbons (Fsp3) is 0.174. The number of furan rings is 1. The first-order valence-electron chi connectivity index (χ1n) is 9.85. The molecule has 0 aliphatic heterocycles. The first-order valence-corrected chi connectivity index (χ1v) is 10.2. The van der Waals surface area contributed by atoms with Crippen molar-refractivity contribution in [1.82, 2.24) is 5.32 Å². The van der Waals surface area contributed by atoms with Crippen LogP contribution in [0.1, 0.15) is 21.7 Å². The fourth-order valence-electron chi connectivity index (χ4n) is 2.96. The van der Waals surface area contributed by atoms with Gasteiger partial charge in [0.1, 0.15) is 6.04 Å². The fourth-order valence-corrected chi connectivity index (χ4v) is 3.14. The molecule has 2 N–H and O–H groups in total. The number of nitrogens with one attached hydrogen (secondary N) is 2. The quantitative estimate of drug-likeness (QED) is 0.450. The predicted molar refractivity (Wildman–Crippen MR) is 116 cm³/mol. The van der Waals surface area contributed by atoms with E-state index in [2.05, 4.69) is 10.6 Å². The number of anilines is 1. The van der Waals surface area contributed by atoms with E-state index < -0.39 is 47.9 Å². The van der Waals surface area contributed by atoms with Gasteiger partial charge in [-0.2, -0.15) is 13.2 Å². The van der Waals surface area contributed by atoms with Crippen LogP contribution in [0.25, 0.3) is 0 Å². The SMILES string of the molecule is O=C(COC(=O)[C@H](Cc1ccccc1)NC(=O)c1ccco1)Nc1ccc(Cl)cc1C(F)(F)F. The summed E-state index contributed by atoms with van der Waals surface area (Å²) in [6, 6.07) is 13.3. The van der Waals surface area contributed by atoms with Crippen LogP contribution in [0.4, 0.5) is 18.9 Å². The molecule has 3 aromatic rings. The third kappa shape index (κ3) is 6.85. The molecule has 1 atom stereocenters. The van der Waals surface area contributed by atoms with Crippen molar-refractivity contribution < 1.29 is 36.7 Å². The average Bonchev–Trinajstić information content (AvgIpc) is 3.33. The number of ether oxygens (including phenoxy) is 1. The van der Waals surface area contributed by atoms with E-state index in [0.717, 1.165) is 6.07 Å². The minimum atomic E-state index is -4.76.